The molecule has 0 aliphatic heterocycles. The smallest absolute Gasteiger partial charge is 0.328 e. The normalized spacial score (nSPS) is 11.9. The fourth-order valence-corrected chi connectivity index (χ4v) is 10.5. The first kappa shape index (κ1) is 44.0. The first-order chi connectivity index (χ1) is 24.7. The molecule has 3 aromatic carbocycles. The van der Waals surface area contributed by atoms with Gasteiger partial charge in [0, 0.05) is 35.1 Å². The molecule has 0 radical (unpaired) electrons. The summed E-state index contributed by atoms with van der Waals surface area (Å²) in [5, 5.41) is 11.4. The highest BCUT2D eigenvalue weighted by Crippen LogP contribution is 2.55. The monoisotopic (exact) mass is 816 g/mol. The summed E-state index contributed by atoms with van der Waals surface area (Å²) >= 11 is 0.531. The molecule has 0 aliphatic carbocycles. The van der Waals surface area contributed by atoms with Crippen LogP contribution in [0.2, 0.25) is 0 Å². The third kappa shape index (κ3) is 13.8. The zero-order valence-corrected chi connectivity index (χ0v) is 32.6. The number of esters is 2. The van der Waals surface area contributed by atoms with Gasteiger partial charge in [0.1, 0.15) is 41.8 Å². The maximum atomic E-state index is 13.2. The molecular formula is C37H46BrN4O8PS. The van der Waals surface area contributed by atoms with E-state index >= 15 is 0 Å². The molecule has 3 aromatic rings. The van der Waals surface area contributed by atoms with Crippen molar-refractivity contribution < 1.29 is 50.4 Å². The Kier molecular flexibility index (Phi) is 20.5. The minimum atomic E-state index is -2.05. The molecule has 2 atom stereocenters. The fraction of sp³-hybridized carbons (Fsp3) is 0.378. The van der Waals surface area contributed by atoms with Gasteiger partial charge in [-0.1, -0.05) is 54.6 Å². The second kappa shape index (κ2) is 24.2. The van der Waals surface area contributed by atoms with Gasteiger partial charge in [-0.15, -0.1) is 4.91 Å². The highest BCUT2D eigenvalue weighted by atomic mass is 79.9. The maximum Gasteiger partial charge on any atom is 0.328 e. The number of carbonyl (C=O) groups is 5. The van der Waals surface area contributed by atoms with Crippen molar-refractivity contribution in [2.45, 2.75) is 58.0 Å². The molecule has 15 heteroatoms. The molecule has 3 N–H and O–H groups in total. The van der Waals surface area contributed by atoms with Crippen molar-refractivity contribution in [3.63, 3.8) is 0 Å². The van der Waals surface area contributed by atoms with E-state index in [1.54, 1.807) is 13.8 Å². The number of ether oxygens (including phenoxy) is 2. The number of nitroso groups, excluding NO2 is 1. The van der Waals surface area contributed by atoms with Crippen LogP contribution in [-0.2, 0) is 33.4 Å². The van der Waals surface area contributed by atoms with Crippen LogP contribution < -0.4 is 48.8 Å². The molecule has 0 aromatic heterocycles. The van der Waals surface area contributed by atoms with Crippen LogP contribution in [0.15, 0.2) is 95.6 Å². The summed E-state index contributed by atoms with van der Waals surface area (Å²) in [7, 11) is -2.05. The lowest BCUT2D eigenvalue weighted by molar-refractivity contribution is -0.147. The fourth-order valence-electron chi connectivity index (χ4n) is 5.60. The highest BCUT2D eigenvalue weighted by molar-refractivity contribution is 7.98. The Balaban J connectivity index is 0.00000936. The lowest BCUT2D eigenvalue weighted by atomic mass is 10.1. The number of halogens is 1. The molecule has 3 amide bonds. The Labute approximate surface area is 320 Å². The molecule has 0 saturated heterocycles. The van der Waals surface area contributed by atoms with Crippen molar-refractivity contribution >= 4 is 64.8 Å². The zero-order chi connectivity index (χ0) is 36.9. The predicted octanol–water partition coefficient (Wildman–Crippen LogP) is 0.562. The number of carbonyl (C=O) groups excluding carboxylic acids is 5. The lowest BCUT2D eigenvalue weighted by Gasteiger charge is -2.27. The molecular weight excluding hydrogens is 771 g/mol. The molecule has 3 rings (SSSR count). The van der Waals surface area contributed by atoms with Gasteiger partial charge >= 0.3 is 11.9 Å². The summed E-state index contributed by atoms with van der Waals surface area (Å²) in [6.45, 7) is 3.07. The van der Waals surface area contributed by atoms with Gasteiger partial charge in [0.15, 0.2) is 0 Å². The van der Waals surface area contributed by atoms with Gasteiger partial charge in [-0.25, -0.2) is 4.79 Å². The van der Waals surface area contributed by atoms with Crippen LogP contribution in [0.5, 0.6) is 0 Å². The summed E-state index contributed by atoms with van der Waals surface area (Å²) in [5.41, 5.74) is 0. The zero-order valence-electron chi connectivity index (χ0n) is 29.3. The average molecular weight is 818 g/mol. The van der Waals surface area contributed by atoms with Crippen molar-refractivity contribution in [1.29, 1.82) is 0 Å². The molecule has 52 heavy (non-hydrogen) atoms. The third-order valence-electron chi connectivity index (χ3n) is 7.96. The Hall–Kier alpha value is -4.13. The van der Waals surface area contributed by atoms with E-state index < -0.39 is 49.6 Å². The molecule has 2 unspecified atom stereocenters. The first-order valence-electron chi connectivity index (χ1n) is 16.9. The average Bonchev–Trinajstić information content (AvgIpc) is 3.15. The van der Waals surface area contributed by atoms with E-state index in [2.05, 4.69) is 93.3 Å². The van der Waals surface area contributed by atoms with Gasteiger partial charge in [-0.2, -0.15) is 0 Å². The Morgan fingerprint density at radius 1 is 0.712 bits per heavy atom. The van der Waals surface area contributed by atoms with Gasteiger partial charge in [-0.3, -0.25) is 19.2 Å². The van der Waals surface area contributed by atoms with E-state index in [0.717, 1.165) is 12.6 Å². The lowest BCUT2D eigenvalue weighted by Crippen LogP contribution is -3.00. The van der Waals surface area contributed by atoms with Crippen molar-refractivity contribution in [2.75, 3.05) is 31.7 Å². The minimum Gasteiger partial charge on any atom is -1.00 e. The Bertz CT molecular complexity index is 1480. The predicted molar refractivity (Wildman–Crippen MR) is 201 cm³/mol. The number of hydrogen-bond donors (Lipinski definition) is 3. The Morgan fingerprint density at radius 2 is 1.21 bits per heavy atom. The van der Waals surface area contributed by atoms with E-state index in [1.807, 2.05) is 18.2 Å². The number of nitrogens with zero attached hydrogens (tertiary/aromatic N) is 1. The quantitative estimate of drug-likeness (QED) is 0.0432. The summed E-state index contributed by atoms with van der Waals surface area (Å²) in [4.78, 5) is 73.6. The largest absolute Gasteiger partial charge is 1.00 e. The summed E-state index contributed by atoms with van der Waals surface area (Å²) in [5.74, 6) is -3.17. The van der Waals surface area contributed by atoms with Crippen LogP contribution in [0, 0.1) is 4.91 Å². The van der Waals surface area contributed by atoms with Crippen LogP contribution >= 0.6 is 19.2 Å². The van der Waals surface area contributed by atoms with E-state index in [9.17, 15) is 28.9 Å². The minimum absolute atomic E-state index is 0. The van der Waals surface area contributed by atoms with Crippen LogP contribution in [0.25, 0.3) is 0 Å². The molecule has 12 nitrogen and oxygen atoms in total. The van der Waals surface area contributed by atoms with Crippen molar-refractivity contribution in [1.82, 2.24) is 16.0 Å². The van der Waals surface area contributed by atoms with E-state index in [0.29, 0.717) is 18.4 Å². The van der Waals surface area contributed by atoms with Crippen LogP contribution in [0.3, 0.4) is 0 Å². The summed E-state index contributed by atoms with van der Waals surface area (Å²) in [6.07, 6.45) is 2.01. The standard InChI is InChI=1S/C37H45N4O8PS.BrH/c1-3-48-35(44)26-38-36(45)32(27-51-41-47)40-34(43)24-23-31(37(46)49-4-2)39-33(42)22-14-15-25-50(28-16-8-5-9-17-28,29-18-10-6-11-19-29)30-20-12-7-13-21-30;/h5-13,16-21,31-32H,3-4,14-15,22-27H2,1-2H3,(H2-,38,39,40,42,43,45);1H. The van der Waals surface area contributed by atoms with Crippen LogP contribution in [-0.4, -0.2) is 73.4 Å². The SMILES string of the molecule is CCOC(=O)CNC(=O)C(CSN=O)NC(=O)CCC(NC(=O)CCCC[P+](c1ccccc1)(c1ccccc1)c1ccccc1)C(=O)OCC.[Br-]. The summed E-state index contributed by atoms with van der Waals surface area (Å²) in [6, 6.07) is 29.2. The molecule has 0 saturated carbocycles. The van der Waals surface area contributed by atoms with E-state index in [-0.39, 0.29) is 61.1 Å². The molecule has 0 aliphatic rings. The number of amides is 3. The van der Waals surface area contributed by atoms with E-state index in [4.69, 9.17) is 9.47 Å². The number of hydrogen-bond acceptors (Lipinski definition) is 10. The maximum absolute atomic E-state index is 13.2. The second-order valence-electron chi connectivity index (χ2n) is 11.4. The second-order valence-corrected chi connectivity index (χ2v) is 15.8. The molecule has 0 bridgehead atoms. The number of rotatable bonds is 22. The van der Waals surface area contributed by atoms with Crippen LogP contribution in [0.1, 0.15) is 46.0 Å². The first-order valence-corrected chi connectivity index (χ1v) is 19.8. The topological polar surface area (TPSA) is 169 Å². The van der Waals surface area contributed by atoms with E-state index in [1.165, 1.54) is 15.9 Å². The van der Waals surface area contributed by atoms with Gasteiger partial charge in [-0.05, 0) is 69.5 Å². The van der Waals surface area contributed by atoms with Gasteiger partial charge in [0.05, 0.1) is 19.4 Å². The molecule has 0 heterocycles. The number of nitrogens with one attached hydrogen (secondary N) is 3. The van der Waals surface area contributed by atoms with Crippen molar-refractivity contribution in [3.8, 4) is 0 Å². The van der Waals surface area contributed by atoms with Crippen molar-refractivity contribution in [3.05, 3.63) is 95.9 Å². The highest BCUT2D eigenvalue weighted by Gasteiger charge is 2.44. The Morgan fingerprint density at radius 3 is 1.71 bits per heavy atom. The molecule has 0 fully saturated rings. The molecule has 0 spiro atoms. The van der Waals surface area contributed by atoms with Gasteiger partial charge in [0.25, 0.3) is 0 Å². The number of benzene rings is 3. The molecule has 280 valence electrons. The summed E-state index contributed by atoms with van der Waals surface area (Å²) < 4.78 is 12.6. The third-order valence-corrected chi connectivity index (χ3v) is 13.1. The number of unbranched alkanes of at least 4 members (excludes halogenated alkanes) is 1. The van der Waals surface area contributed by atoms with Gasteiger partial charge in [0.2, 0.25) is 17.7 Å². The van der Waals surface area contributed by atoms with Crippen molar-refractivity contribution in [2.24, 2.45) is 4.58 Å². The van der Waals surface area contributed by atoms with Gasteiger partial charge < -0.3 is 42.4 Å². The van der Waals surface area contributed by atoms with Crippen LogP contribution in [0.4, 0.5) is 0 Å².